The molecule has 3 heterocycles. The highest BCUT2D eigenvalue weighted by Gasteiger charge is 2.58. The van der Waals surface area contributed by atoms with E-state index in [0.29, 0.717) is 0 Å². The summed E-state index contributed by atoms with van der Waals surface area (Å²) in [7, 11) is 0. The van der Waals surface area contributed by atoms with Crippen LogP contribution in [0.1, 0.15) is 19.3 Å². The molecule has 0 N–H and O–H groups in total. The summed E-state index contributed by atoms with van der Waals surface area (Å²) in [6.45, 7) is 0.946. The van der Waals surface area contributed by atoms with Gasteiger partial charge in [-0.2, -0.15) is 5.06 Å². The first-order valence-electron chi connectivity index (χ1n) is 5.85. The molecule has 4 heteroatoms. The lowest BCUT2D eigenvalue weighted by Crippen LogP contribution is -2.59. The molecule has 2 bridgehead atoms. The molecule has 16 heavy (non-hydrogen) atoms. The third-order valence-electron chi connectivity index (χ3n) is 4.05. The van der Waals surface area contributed by atoms with Gasteiger partial charge in [0.05, 0.1) is 6.04 Å². The van der Waals surface area contributed by atoms with Crippen LogP contribution in [0.5, 0.6) is 0 Å². The molecule has 3 aliphatic heterocycles. The lowest BCUT2D eigenvalue weighted by Gasteiger charge is -2.48. The fraction of sp³-hybridized carbons (Fsp3) is 0.583. The van der Waals surface area contributed by atoms with Gasteiger partial charge in [-0.3, -0.25) is 4.84 Å². The zero-order valence-electron chi connectivity index (χ0n) is 8.89. The van der Waals surface area contributed by atoms with Crippen molar-refractivity contribution in [3.63, 3.8) is 0 Å². The summed E-state index contributed by atoms with van der Waals surface area (Å²) < 4.78 is 5.63. The summed E-state index contributed by atoms with van der Waals surface area (Å²) in [6, 6.07) is 0.214. The smallest absolute Gasteiger partial charge is 0.332 e. The number of ether oxygens (including phenoxy) is 1. The third-order valence-corrected chi connectivity index (χ3v) is 4.05. The highest BCUT2D eigenvalue weighted by molar-refractivity contribution is 5.88. The number of hydroxylamine groups is 2. The van der Waals surface area contributed by atoms with E-state index in [-0.39, 0.29) is 18.1 Å². The maximum atomic E-state index is 11.5. The van der Waals surface area contributed by atoms with Crippen LogP contribution in [-0.4, -0.2) is 35.3 Å². The molecule has 0 radical (unpaired) electrons. The fourth-order valence-corrected chi connectivity index (χ4v) is 3.42. The van der Waals surface area contributed by atoms with Crippen LogP contribution in [0.15, 0.2) is 23.8 Å². The molecule has 0 unspecified atom stereocenters. The van der Waals surface area contributed by atoms with Crippen molar-refractivity contribution in [3.05, 3.63) is 23.8 Å². The van der Waals surface area contributed by atoms with E-state index in [1.54, 1.807) is 6.08 Å². The Bertz CT molecular complexity index is 428. The molecule has 1 aliphatic carbocycles. The van der Waals surface area contributed by atoms with Gasteiger partial charge in [0.25, 0.3) is 0 Å². The van der Waals surface area contributed by atoms with E-state index in [0.717, 1.165) is 31.4 Å². The summed E-state index contributed by atoms with van der Waals surface area (Å²) >= 11 is 0. The average molecular weight is 219 g/mol. The molecule has 2 saturated heterocycles. The first-order valence-corrected chi connectivity index (χ1v) is 5.85. The summed E-state index contributed by atoms with van der Waals surface area (Å²) in [4.78, 5) is 17.3. The van der Waals surface area contributed by atoms with E-state index in [2.05, 4.69) is 0 Å². The SMILES string of the molecule is O=C1C=C2C=C[C@@H]3C[C@@]2(O1)[C@H]1CCCN1O3. The number of nitrogens with zero attached hydrogens (tertiary/aromatic N) is 1. The minimum Gasteiger partial charge on any atom is -0.449 e. The van der Waals surface area contributed by atoms with Crippen LogP contribution < -0.4 is 0 Å². The van der Waals surface area contributed by atoms with Crippen molar-refractivity contribution in [1.29, 1.82) is 0 Å². The minimum absolute atomic E-state index is 0.0670. The van der Waals surface area contributed by atoms with Gasteiger partial charge in [-0.25, -0.2) is 4.79 Å². The second-order valence-corrected chi connectivity index (χ2v) is 4.92. The molecule has 2 fully saturated rings. The maximum absolute atomic E-state index is 11.5. The van der Waals surface area contributed by atoms with Crippen LogP contribution in [0.3, 0.4) is 0 Å². The lowest BCUT2D eigenvalue weighted by atomic mass is 9.77. The van der Waals surface area contributed by atoms with Crippen molar-refractivity contribution in [3.8, 4) is 0 Å². The predicted octanol–water partition coefficient (Wildman–Crippen LogP) is 0.946. The van der Waals surface area contributed by atoms with Crippen LogP contribution in [0.4, 0.5) is 0 Å². The zero-order valence-corrected chi connectivity index (χ0v) is 8.89. The molecule has 4 nitrogen and oxygen atoms in total. The van der Waals surface area contributed by atoms with E-state index < -0.39 is 5.60 Å². The van der Waals surface area contributed by atoms with E-state index in [4.69, 9.17) is 9.57 Å². The van der Waals surface area contributed by atoms with Gasteiger partial charge in [0.1, 0.15) is 6.10 Å². The molecule has 0 amide bonds. The number of hydrogen-bond acceptors (Lipinski definition) is 4. The van der Waals surface area contributed by atoms with Crippen LogP contribution in [0.25, 0.3) is 0 Å². The van der Waals surface area contributed by atoms with Gasteiger partial charge in [0.2, 0.25) is 0 Å². The second kappa shape index (κ2) is 2.76. The Kier molecular flexibility index (Phi) is 1.54. The topological polar surface area (TPSA) is 38.8 Å². The summed E-state index contributed by atoms with van der Waals surface area (Å²) in [6.07, 6.45) is 8.67. The van der Waals surface area contributed by atoms with E-state index in [1.165, 1.54) is 0 Å². The summed E-state index contributed by atoms with van der Waals surface area (Å²) in [5, 5.41) is 2.02. The normalized spacial score (nSPS) is 45.0. The van der Waals surface area contributed by atoms with E-state index >= 15 is 0 Å². The van der Waals surface area contributed by atoms with Gasteiger partial charge >= 0.3 is 5.97 Å². The standard InChI is InChI=1S/C12H13NO3/c14-11-6-8-3-4-9-7-12(8,15-11)10-2-1-5-13(10)16-9/h3-4,6,9-10H,1-2,5,7H2/t9-,10-,12+/m1/s1. The van der Waals surface area contributed by atoms with Crippen LogP contribution in [0.2, 0.25) is 0 Å². The Morgan fingerprint density at radius 3 is 3.38 bits per heavy atom. The molecule has 4 aliphatic rings. The van der Waals surface area contributed by atoms with Crippen molar-refractivity contribution < 1.29 is 14.4 Å². The maximum Gasteiger partial charge on any atom is 0.332 e. The van der Waals surface area contributed by atoms with Gasteiger partial charge in [0, 0.05) is 24.6 Å². The van der Waals surface area contributed by atoms with Crippen molar-refractivity contribution in [2.24, 2.45) is 0 Å². The monoisotopic (exact) mass is 219 g/mol. The number of rotatable bonds is 0. The van der Waals surface area contributed by atoms with E-state index in [9.17, 15) is 4.79 Å². The van der Waals surface area contributed by atoms with Crippen LogP contribution in [-0.2, 0) is 14.4 Å². The van der Waals surface area contributed by atoms with Crippen molar-refractivity contribution in [2.45, 2.75) is 37.0 Å². The van der Waals surface area contributed by atoms with Gasteiger partial charge in [0.15, 0.2) is 5.60 Å². The molecule has 4 rings (SSSR count). The molecule has 0 aromatic heterocycles. The fourth-order valence-electron chi connectivity index (χ4n) is 3.42. The minimum atomic E-state index is -0.411. The van der Waals surface area contributed by atoms with Crippen molar-refractivity contribution >= 4 is 5.97 Å². The highest BCUT2D eigenvalue weighted by atomic mass is 16.7. The van der Waals surface area contributed by atoms with Crippen LogP contribution in [0, 0.1) is 0 Å². The molecule has 3 atom stereocenters. The number of carbonyl (C=O) groups is 1. The molecular formula is C12H13NO3. The van der Waals surface area contributed by atoms with Crippen molar-refractivity contribution in [1.82, 2.24) is 5.06 Å². The average Bonchev–Trinajstić information content (AvgIpc) is 2.81. The quantitative estimate of drug-likeness (QED) is 0.568. The zero-order chi connectivity index (χ0) is 10.8. The van der Waals surface area contributed by atoms with Crippen LogP contribution >= 0.6 is 0 Å². The molecule has 0 saturated carbocycles. The summed E-state index contributed by atoms with van der Waals surface area (Å²) in [5.41, 5.74) is 0.625. The second-order valence-electron chi connectivity index (χ2n) is 4.92. The van der Waals surface area contributed by atoms with Gasteiger partial charge in [-0.15, -0.1) is 0 Å². The first-order chi connectivity index (χ1) is 7.78. The Hall–Kier alpha value is -1.13. The molecular weight excluding hydrogens is 206 g/mol. The Labute approximate surface area is 93.5 Å². The Balaban J connectivity index is 1.86. The first kappa shape index (κ1) is 8.96. The van der Waals surface area contributed by atoms with Crippen molar-refractivity contribution in [2.75, 3.05) is 6.54 Å². The lowest BCUT2D eigenvalue weighted by molar-refractivity contribution is -0.268. The largest absolute Gasteiger partial charge is 0.449 e. The number of fused-ring (bicyclic) bond motifs is 2. The molecule has 84 valence electrons. The number of esters is 1. The number of hydrogen-bond donors (Lipinski definition) is 0. The Morgan fingerprint density at radius 1 is 1.50 bits per heavy atom. The van der Waals surface area contributed by atoms with Gasteiger partial charge < -0.3 is 4.74 Å². The van der Waals surface area contributed by atoms with Gasteiger partial charge in [-0.05, 0) is 12.8 Å². The van der Waals surface area contributed by atoms with E-state index in [1.807, 2.05) is 17.2 Å². The molecule has 0 aromatic carbocycles. The Morgan fingerprint density at radius 2 is 2.44 bits per heavy atom. The number of carbonyl (C=O) groups excluding carboxylic acids is 1. The molecule has 1 spiro atoms. The van der Waals surface area contributed by atoms with Gasteiger partial charge in [-0.1, -0.05) is 12.2 Å². The molecule has 0 aromatic rings. The third kappa shape index (κ3) is 0.942. The highest BCUT2D eigenvalue weighted by Crippen LogP contribution is 2.48. The summed E-state index contributed by atoms with van der Waals surface area (Å²) in [5.74, 6) is -0.200. The predicted molar refractivity (Wildman–Crippen MR) is 55.3 cm³/mol.